The standard InChI is InChI=1S/C22H19Cl2N13/c1-12-11-13(2)37(36-12)22-34-32-21(33-35-22)31-30-20-28-18(25-16-9-5-3-7-14(16)23)27-19(29-20)26-17-10-6-4-8-15(17)24/h3-11H,1-2H3,(H,31,32,33)(H3,25,26,27,28,29,30). The molecule has 3 heterocycles. The third-order valence-electron chi connectivity index (χ3n) is 4.83. The van der Waals surface area contributed by atoms with E-state index < -0.39 is 0 Å². The third-order valence-corrected chi connectivity index (χ3v) is 5.49. The van der Waals surface area contributed by atoms with Gasteiger partial charge in [0.2, 0.25) is 17.8 Å². The molecule has 13 nitrogen and oxygen atoms in total. The largest absolute Gasteiger partial charge is 0.323 e. The summed E-state index contributed by atoms with van der Waals surface area (Å²) in [5.41, 5.74) is 8.55. The van der Waals surface area contributed by atoms with Gasteiger partial charge in [-0.25, -0.2) is 4.68 Å². The number of hydrogen-bond acceptors (Lipinski definition) is 12. The van der Waals surface area contributed by atoms with Crippen molar-refractivity contribution in [1.82, 2.24) is 45.1 Å². The highest BCUT2D eigenvalue weighted by molar-refractivity contribution is 6.33. The molecule has 5 aromatic rings. The molecule has 4 N–H and O–H groups in total. The van der Waals surface area contributed by atoms with Crippen LogP contribution in [0.3, 0.4) is 0 Å². The highest BCUT2D eigenvalue weighted by Gasteiger charge is 2.12. The number of anilines is 6. The van der Waals surface area contributed by atoms with Gasteiger partial charge < -0.3 is 10.6 Å². The van der Waals surface area contributed by atoms with Crippen LogP contribution in [-0.4, -0.2) is 45.1 Å². The van der Waals surface area contributed by atoms with Gasteiger partial charge in [0, 0.05) is 5.69 Å². The Kier molecular flexibility index (Phi) is 6.87. The average Bonchev–Trinajstić information content (AvgIpc) is 3.23. The lowest BCUT2D eigenvalue weighted by Crippen LogP contribution is -2.18. The van der Waals surface area contributed by atoms with Crippen LogP contribution in [0.1, 0.15) is 11.4 Å². The lowest BCUT2D eigenvalue weighted by atomic mass is 10.3. The van der Waals surface area contributed by atoms with Gasteiger partial charge >= 0.3 is 0 Å². The molecule has 0 unspecified atom stereocenters. The van der Waals surface area contributed by atoms with Gasteiger partial charge in [0.15, 0.2) is 0 Å². The van der Waals surface area contributed by atoms with E-state index in [0.717, 1.165) is 11.4 Å². The van der Waals surface area contributed by atoms with Gasteiger partial charge in [-0.15, -0.1) is 20.4 Å². The first-order chi connectivity index (χ1) is 17.9. The number of nitrogens with zero attached hydrogens (tertiary/aromatic N) is 9. The minimum absolute atomic E-state index is 0.0897. The van der Waals surface area contributed by atoms with E-state index in [1.807, 2.05) is 44.2 Å². The van der Waals surface area contributed by atoms with E-state index in [0.29, 0.717) is 21.4 Å². The molecule has 0 saturated carbocycles. The molecule has 0 aliphatic carbocycles. The fourth-order valence-electron chi connectivity index (χ4n) is 3.21. The number of aromatic nitrogens is 9. The summed E-state index contributed by atoms with van der Waals surface area (Å²) in [4.78, 5) is 13.2. The van der Waals surface area contributed by atoms with E-state index in [2.05, 4.69) is 61.9 Å². The highest BCUT2D eigenvalue weighted by atomic mass is 35.5. The minimum Gasteiger partial charge on any atom is -0.323 e. The van der Waals surface area contributed by atoms with Crippen LogP contribution in [0.25, 0.3) is 5.95 Å². The molecule has 5 rings (SSSR count). The van der Waals surface area contributed by atoms with E-state index in [1.54, 1.807) is 28.9 Å². The van der Waals surface area contributed by atoms with Crippen LogP contribution in [-0.2, 0) is 0 Å². The van der Waals surface area contributed by atoms with Gasteiger partial charge in [-0.3, -0.25) is 10.9 Å². The third kappa shape index (κ3) is 5.79. The van der Waals surface area contributed by atoms with Gasteiger partial charge in [0.1, 0.15) is 0 Å². The molecule has 186 valence electrons. The number of hydrogen-bond donors (Lipinski definition) is 4. The SMILES string of the molecule is Cc1cc(C)n(-c2nnc(NNc3nc(Nc4ccccc4Cl)nc(Nc4ccccc4Cl)n3)nn2)n1. The maximum Gasteiger partial charge on any atom is 0.289 e. The molecule has 0 atom stereocenters. The zero-order chi connectivity index (χ0) is 25.8. The van der Waals surface area contributed by atoms with Crippen molar-refractivity contribution in [1.29, 1.82) is 0 Å². The molecule has 0 amide bonds. The zero-order valence-corrected chi connectivity index (χ0v) is 21.0. The van der Waals surface area contributed by atoms with Gasteiger partial charge in [-0.2, -0.15) is 20.1 Å². The molecule has 0 fully saturated rings. The van der Waals surface area contributed by atoms with Gasteiger partial charge in [-0.05, 0) is 44.2 Å². The topological polar surface area (TPSA) is 156 Å². The van der Waals surface area contributed by atoms with E-state index >= 15 is 0 Å². The molecule has 0 bridgehead atoms. The molecule has 37 heavy (non-hydrogen) atoms. The van der Waals surface area contributed by atoms with Crippen LogP contribution in [0.5, 0.6) is 0 Å². The summed E-state index contributed by atoms with van der Waals surface area (Å²) in [5, 5.41) is 27.7. The van der Waals surface area contributed by atoms with Crippen molar-refractivity contribution < 1.29 is 0 Å². The molecule has 3 aromatic heterocycles. The number of rotatable bonds is 8. The molecule has 15 heteroatoms. The summed E-state index contributed by atoms with van der Waals surface area (Å²) in [7, 11) is 0. The number of nitrogens with one attached hydrogen (secondary N) is 4. The van der Waals surface area contributed by atoms with Crippen molar-refractivity contribution >= 4 is 58.4 Å². The average molecular weight is 536 g/mol. The first kappa shape index (κ1) is 24.1. The number of aryl methyl sites for hydroxylation is 2. The molecular weight excluding hydrogens is 517 g/mol. The van der Waals surface area contributed by atoms with Crippen molar-refractivity contribution in [2.24, 2.45) is 0 Å². The van der Waals surface area contributed by atoms with Crippen LogP contribution in [0.15, 0.2) is 54.6 Å². The molecule has 0 saturated heterocycles. The fraction of sp³-hybridized carbons (Fsp3) is 0.0909. The smallest absolute Gasteiger partial charge is 0.289 e. The zero-order valence-electron chi connectivity index (χ0n) is 19.5. The predicted octanol–water partition coefficient (Wildman–Crippen LogP) is 4.49. The van der Waals surface area contributed by atoms with Gasteiger partial charge in [-0.1, -0.05) is 47.5 Å². The van der Waals surface area contributed by atoms with Gasteiger partial charge in [0.05, 0.1) is 27.1 Å². The normalized spacial score (nSPS) is 10.7. The van der Waals surface area contributed by atoms with Crippen molar-refractivity contribution in [3.05, 3.63) is 76.0 Å². The summed E-state index contributed by atoms with van der Waals surface area (Å²) < 4.78 is 1.55. The van der Waals surface area contributed by atoms with E-state index in [9.17, 15) is 0 Å². The molecule has 0 aliphatic heterocycles. The molecule has 2 aromatic carbocycles. The maximum absolute atomic E-state index is 6.28. The van der Waals surface area contributed by atoms with Crippen LogP contribution in [0.2, 0.25) is 10.0 Å². The van der Waals surface area contributed by atoms with Crippen molar-refractivity contribution in [3.8, 4) is 5.95 Å². The maximum atomic E-state index is 6.28. The van der Waals surface area contributed by atoms with Crippen LogP contribution >= 0.6 is 23.2 Å². The monoisotopic (exact) mass is 535 g/mol. The number of hydrazine groups is 1. The number of halogens is 2. The van der Waals surface area contributed by atoms with Gasteiger partial charge in [0.25, 0.3) is 11.9 Å². The number of benzene rings is 2. The lowest BCUT2D eigenvalue weighted by molar-refractivity contribution is 0.712. The Morgan fingerprint density at radius 3 is 1.68 bits per heavy atom. The Bertz CT molecular complexity index is 1470. The van der Waals surface area contributed by atoms with E-state index in [4.69, 9.17) is 23.2 Å². The first-order valence-corrected chi connectivity index (χ1v) is 11.6. The Hall–Kier alpha value is -4.62. The second kappa shape index (κ2) is 10.6. The van der Waals surface area contributed by atoms with E-state index in [1.165, 1.54) is 0 Å². The van der Waals surface area contributed by atoms with E-state index in [-0.39, 0.29) is 29.7 Å². The van der Waals surface area contributed by atoms with Crippen molar-refractivity contribution in [2.75, 3.05) is 21.5 Å². The predicted molar refractivity (Wildman–Crippen MR) is 141 cm³/mol. The van der Waals surface area contributed by atoms with Crippen LogP contribution in [0.4, 0.5) is 35.2 Å². The second-order valence-corrected chi connectivity index (χ2v) is 8.44. The molecular formula is C22H19Cl2N13. The Balaban J connectivity index is 1.37. The summed E-state index contributed by atoms with van der Waals surface area (Å²) in [6, 6.07) is 16.3. The first-order valence-electron chi connectivity index (χ1n) is 10.9. The highest BCUT2D eigenvalue weighted by Crippen LogP contribution is 2.26. The summed E-state index contributed by atoms with van der Waals surface area (Å²) in [5.74, 6) is 0.920. The quantitative estimate of drug-likeness (QED) is 0.207. The minimum atomic E-state index is 0.0897. The summed E-state index contributed by atoms with van der Waals surface area (Å²) in [6.07, 6.45) is 0. The Morgan fingerprint density at radius 2 is 1.16 bits per heavy atom. The fourth-order valence-corrected chi connectivity index (χ4v) is 3.58. The molecule has 0 aliphatic rings. The lowest BCUT2D eigenvalue weighted by Gasteiger charge is -2.12. The van der Waals surface area contributed by atoms with Crippen LogP contribution in [0, 0.1) is 13.8 Å². The number of para-hydroxylation sites is 2. The summed E-state index contributed by atoms with van der Waals surface area (Å²) >= 11 is 12.6. The molecule has 0 spiro atoms. The Morgan fingerprint density at radius 1 is 0.649 bits per heavy atom. The second-order valence-electron chi connectivity index (χ2n) is 7.63. The van der Waals surface area contributed by atoms with Crippen LogP contribution < -0.4 is 21.5 Å². The van der Waals surface area contributed by atoms with Crippen molar-refractivity contribution in [2.45, 2.75) is 13.8 Å². The van der Waals surface area contributed by atoms with Crippen molar-refractivity contribution in [3.63, 3.8) is 0 Å². The summed E-state index contributed by atoms with van der Waals surface area (Å²) in [6.45, 7) is 3.77. The molecule has 0 radical (unpaired) electrons. The Labute approximate surface area is 220 Å².